The van der Waals surface area contributed by atoms with Crippen molar-refractivity contribution in [1.82, 2.24) is 0 Å². The smallest absolute Gasteiger partial charge is 0.265 e. The highest BCUT2D eigenvalue weighted by Gasteiger charge is 2.38. The van der Waals surface area contributed by atoms with Crippen molar-refractivity contribution in [3.63, 3.8) is 0 Å². The van der Waals surface area contributed by atoms with Gasteiger partial charge in [0.05, 0.1) is 17.8 Å². The van der Waals surface area contributed by atoms with Crippen molar-refractivity contribution >= 4 is 34.8 Å². The van der Waals surface area contributed by atoms with E-state index in [1.807, 2.05) is 12.1 Å². The number of rotatable bonds is 6. The summed E-state index contributed by atoms with van der Waals surface area (Å²) < 4.78 is 5.60. The molecule has 1 atom stereocenters. The maximum Gasteiger partial charge on any atom is 0.265 e. The minimum absolute atomic E-state index is 0.188. The summed E-state index contributed by atoms with van der Waals surface area (Å²) in [5.74, 6) is -0.657. The van der Waals surface area contributed by atoms with Crippen molar-refractivity contribution in [2.75, 3.05) is 22.1 Å². The van der Waals surface area contributed by atoms with Gasteiger partial charge >= 0.3 is 0 Å². The molecule has 0 bridgehead atoms. The fourth-order valence-corrected chi connectivity index (χ4v) is 3.42. The third kappa shape index (κ3) is 4.72. The van der Waals surface area contributed by atoms with Gasteiger partial charge in [-0.05, 0) is 36.4 Å². The second-order valence-corrected chi connectivity index (χ2v) is 7.01. The molecule has 0 unspecified atom stereocenters. The second-order valence-electron chi connectivity index (χ2n) is 7.01. The minimum Gasteiger partial charge on any atom is -0.484 e. The lowest BCUT2D eigenvalue weighted by molar-refractivity contribution is -0.127. The number of nitrogens with one attached hydrogen (secondary N) is 2. The number of benzene rings is 3. The first kappa shape index (κ1) is 20.2. The number of carbonyl (C=O) groups excluding carboxylic acids is 3. The predicted molar refractivity (Wildman–Crippen MR) is 118 cm³/mol. The Hall–Kier alpha value is -4.13. The highest BCUT2D eigenvalue weighted by molar-refractivity contribution is 6.14. The zero-order chi connectivity index (χ0) is 21.6. The van der Waals surface area contributed by atoms with Gasteiger partial charge in [0.25, 0.3) is 5.91 Å². The Morgan fingerprint density at radius 2 is 1.55 bits per heavy atom. The molecule has 0 saturated carbocycles. The maximum atomic E-state index is 13.1. The molecular weight excluding hydrogens is 394 g/mol. The fourth-order valence-electron chi connectivity index (χ4n) is 3.42. The number of ether oxygens (including phenoxy) is 1. The number of anilines is 3. The van der Waals surface area contributed by atoms with Crippen LogP contribution in [0.15, 0.2) is 84.9 Å². The average molecular weight is 415 g/mol. The third-order valence-electron chi connectivity index (χ3n) is 4.85. The van der Waals surface area contributed by atoms with Crippen LogP contribution in [0.25, 0.3) is 0 Å². The highest BCUT2D eigenvalue weighted by Crippen LogP contribution is 2.33. The Morgan fingerprint density at radius 3 is 2.29 bits per heavy atom. The van der Waals surface area contributed by atoms with E-state index in [1.54, 1.807) is 72.8 Å². The van der Waals surface area contributed by atoms with E-state index in [4.69, 9.17) is 4.74 Å². The molecule has 0 spiro atoms. The Balaban J connectivity index is 1.55. The molecule has 1 aliphatic rings. The number of hydrogen-bond donors (Lipinski definition) is 2. The predicted octanol–water partition coefficient (Wildman–Crippen LogP) is 3.45. The van der Waals surface area contributed by atoms with Crippen LogP contribution in [0.5, 0.6) is 5.75 Å². The van der Waals surface area contributed by atoms with Crippen LogP contribution in [0.3, 0.4) is 0 Å². The third-order valence-corrected chi connectivity index (χ3v) is 4.85. The van der Waals surface area contributed by atoms with Gasteiger partial charge in [-0.15, -0.1) is 0 Å². The molecule has 3 amide bonds. The van der Waals surface area contributed by atoms with Crippen LogP contribution in [0.1, 0.15) is 6.42 Å². The number of hydrogen-bond acceptors (Lipinski definition) is 4. The zero-order valence-corrected chi connectivity index (χ0v) is 16.7. The van der Waals surface area contributed by atoms with Gasteiger partial charge < -0.3 is 15.4 Å². The van der Waals surface area contributed by atoms with Gasteiger partial charge in [-0.1, -0.05) is 48.5 Å². The van der Waals surface area contributed by atoms with Gasteiger partial charge in [0.2, 0.25) is 11.8 Å². The van der Waals surface area contributed by atoms with E-state index in [1.165, 1.54) is 4.90 Å². The molecule has 0 radical (unpaired) electrons. The summed E-state index contributed by atoms with van der Waals surface area (Å²) in [4.78, 5) is 39.9. The molecule has 4 rings (SSSR count). The van der Waals surface area contributed by atoms with E-state index >= 15 is 0 Å². The van der Waals surface area contributed by atoms with Crippen molar-refractivity contribution in [3.8, 4) is 5.75 Å². The van der Waals surface area contributed by atoms with Gasteiger partial charge in [-0.2, -0.15) is 0 Å². The molecule has 7 heteroatoms. The SMILES string of the molecule is O=C(C[C@@H]1C(=O)Nc2ccccc2N1C(=O)COc1ccccc1)Nc1ccccc1. The van der Waals surface area contributed by atoms with E-state index in [9.17, 15) is 14.4 Å². The molecule has 1 aliphatic heterocycles. The van der Waals surface area contributed by atoms with Crippen LogP contribution in [0, 0.1) is 0 Å². The molecular formula is C24H21N3O4. The summed E-state index contributed by atoms with van der Waals surface area (Å²) in [6, 6.07) is 23.9. The van der Waals surface area contributed by atoms with Gasteiger partial charge in [0, 0.05) is 5.69 Å². The molecule has 0 saturated heterocycles. The summed E-state index contributed by atoms with van der Waals surface area (Å²) in [7, 11) is 0. The Morgan fingerprint density at radius 1 is 0.903 bits per heavy atom. The number of fused-ring (bicyclic) bond motifs is 1. The van der Waals surface area contributed by atoms with Crippen LogP contribution < -0.4 is 20.3 Å². The normalized spacial score (nSPS) is 14.9. The monoisotopic (exact) mass is 415 g/mol. The van der Waals surface area contributed by atoms with E-state index in [2.05, 4.69) is 10.6 Å². The number of nitrogens with zero attached hydrogens (tertiary/aromatic N) is 1. The fraction of sp³-hybridized carbons (Fsp3) is 0.125. The summed E-state index contributed by atoms with van der Waals surface area (Å²) in [6.07, 6.45) is -0.188. The molecule has 3 aromatic carbocycles. The van der Waals surface area contributed by atoms with Crippen molar-refractivity contribution in [2.24, 2.45) is 0 Å². The Bertz CT molecular complexity index is 1090. The van der Waals surface area contributed by atoms with E-state index < -0.39 is 17.9 Å². The standard InChI is InChI=1S/C24H21N3O4/c28-22(25-17-9-3-1-4-10-17)15-21-24(30)26-19-13-7-8-14-20(19)27(21)23(29)16-31-18-11-5-2-6-12-18/h1-14,21H,15-16H2,(H,25,28)(H,26,30)/t21-/m1/s1. The van der Waals surface area contributed by atoms with Crippen molar-refractivity contribution in [2.45, 2.75) is 12.5 Å². The van der Waals surface area contributed by atoms with Crippen molar-refractivity contribution in [3.05, 3.63) is 84.9 Å². The van der Waals surface area contributed by atoms with E-state index in [-0.39, 0.29) is 18.9 Å². The molecule has 0 fully saturated rings. The lowest BCUT2D eigenvalue weighted by atomic mass is 10.0. The van der Waals surface area contributed by atoms with Gasteiger partial charge in [-0.25, -0.2) is 0 Å². The van der Waals surface area contributed by atoms with E-state index in [0.29, 0.717) is 22.8 Å². The maximum absolute atomic E-state index is 13.1. The van der Waals surface area contributed by atoms with Crippen molar-refractivity contribution < 1.29 is 19.1 Å². The van der Waals surface area contributed by atoms with Crippen LogP contribution in [-0.2, 0) is 14.4 Å². The molecule has 156 valence electrons. The number of amides is 3. The summed E-state index contributed by atoms with van der Waals surface area (Å²) in [5.41, 5.74) is 1.66. The molecule has 0 aliphatic carbocycles. The van der Waals surface area contributed by atoms with Crippen LogP contribution in [0.2, 0.25) is 0 Å². The van der Waals surface area contributed by atoms with Crippen LogP contribution >= 0.6 is 0 Å². The largest absolute Gasteiger partial charge is 0.484 e. The summed E-state index contributed by atoms with van der Waals surface area (Å²) in [5, 5.41) is 5.55. The molecule has 2 N–H and O–H groups in total. The van der Waals surface area contributed by atoms with E-state index in [0.717, 1.165) is 0 Å². The highest BCUT2D eigenvalue weighted by atomic mass is 16.5. The van der Waals surface area contributed by atoms with Crippen LogP contribution in [0.4, 0.5) is 17.1 Å². The molecule has 31 heavy (non-hydrogen) atoms. The Kier molecular flexibility index (Phi) is 5.93. The molecule has 1 heterocycles. The summed E-state index contributed by atoms with van der Waals surface area (Å²) in [6.45, 7) is -0.261. The summed E-state index contributed by atoms with van der Waals surface area (Å²) >= 11 is 0. The minimum atomic E-state index is -0.995. The first-order valence-corrected chi connectivity index (χ1v) is 9.86. The van der Waals surface area contributed by atoms with Gasteiger partial charge in [-0.3, -0.25) is 19.3 Å². The molecule has 3 aromatic rings. The van der Waals surface area contributed by atoms with Crippen molar-refractivity contribution in [1.29, 1.82) is 0 Å². The quantitative estimate of drug-likeness (QED) is 0.646. The first-order valence-electron chi connectivity index (χ1n) is 9.86. The lowest BCUT2D eigenvalue weighted by Gasteiger charge is -2.36. The molecule has 7 nitrogen and oxygen atoms in total. The zero-order valence-electron chi connectivity index (χ0n) is 16.7. The first-order chi connectivity index (χ1) is 15.1. The topological polar surface area (TPSA) is 87.7 Å². The van der Waals surface area contributed by atoms with Gasteiger partial charge in [0.1, 0.15) is 11.8 Å². The number of carbonyl (C=O) groups is 3. The second kappa shape index (κ2) is 9.13. The Labute approximate surface area is 179 Å². The van der Waals surface area contributed by atoms with Gasteiger partial charge in [0.15, 0.2) is 6.61 Å². The number of para-hydroxylation sites is 4. The average Bonchev–Trinajstić information content (AvgIpc) is 2.79. The lowest BCUT2D eigenvalue weighted by Crippen LogP contribution is -2.53. The van der Waals surface area contributed by atoms with Crippen LogP contribution in [-0.4, -0.2) is 30.4 Å². The molecule has 0 aromatic heterocycles.